The Labute approximate surface area is 137 Å². The largest absolute Gasteiger partial charge is 0.497 e. The van der Waals surface area contributed by atoms with E-state index in [1.54, 1.807) is 18.4 Å². The second-order valence-corrected chi connectivity index (χ2v) is 6.83. The molecule has 0 saturated carbocycles. The van der Waals surface area contributed by atoms with Crippen LogP contribution in [0.15, 0.2) is 22.7 Å². The molecule has 0 atom stereocenters. The van der Waals surface area contributed by atoms with Crippen LogP contribution >= 0.6 is 27.3 Å². The van der Waals surface area contributed by atoms with Gasteiger partial charge in [-0.15, -0.1) is 11.3 Å². The number of rotatable bonds is 3. The molecule has 3 nitrogen and oxygen atoms in total. The highest BCUT2D eigenvalue weighted by molar-refractivity contribution is 9.10. The minimum absolute atomic E-state index is 0.240. The van der Waals surface area contributed by atoms with Gasteiger partial charge in [-0.2, -0.15) is 0 Å². The van der Waals surface area contributed by atoms with Crippen molar-refractivity contribution in [3.63, 3.8) is 0 Å². The van der Waals surface area contributed by atoms with Crippen LogP contribution in [0.1, 0.15) is 22.3 Å². The highest BCUT2D eigenvalue weighted by Gasteiger charge is 2.26. The zero-order valence-electron chi connectivity index (χ0n) is 12.2. The molecule has 3 rings (SSSR count). The fourth-order valence-corrected chi connectivity index (χ4v) is 4.50. The summed E-state index contributed by atoms with van der Waals surface area (Å²) < 4.78 is 17.6. The number of hydrogen-bond donors (Lipinski definition) is 0. The Hall–Kier alpha value is -0.880. The van der Waals surface area contributed by atoms with Crippen molar-refractivity contribution in [3.05, 3.63) is 38.7 Å². The first kappa shape index (κ1) is 15.0. The molecule has 0 spiro atoms. The normalized spacial score (nSPS) is 15.6. The minimum atomic E-state index is -0.240. The Morgan fingerprint density at radius 1 is 1.24 bits per heavy atom. The zero-order valence-corrected chi connectivity index (χ0v) is 14.6. The number of hydrogen-bond acceptors (Lipinski definition) is 4. The molecule has 1 aliphatic heterocycles. The standard InChI is InChI=1S/C16H17BrO3S/c1-9-8-11(18-3)4-5-12(9)14-10(2)13(17)15(21-14)16-19-6-7-20-16/h4-5,8,16H,6-7H2,1-3H3. The van der Waals surface area contributed by atoms with Crippen LogP contribution in [0.3, 0.4) is 0 Å². The first-order valence-corrected chi connectivity index (χ1v) is 8.39. The van der Waals surface area contributed by atoms with E-state index in [2.05, 4.69) is 41.9 Å². The molecule has 5 heteroatoms. The van der Waals surface area contributed by atoms with Crippen molar-refractivity contribution < 1.29 is 14.2 Å². The lowest BCUT2D eigenvalue weighted by molar-refractivity contribution is -0.0418. The fraction of sp³-hybridized carbons (Fsp3) is 0.375. The molecule has 1 fully saturated rings. The van der Waals surface area contributed by atoms with E-state index in [0.717, 1.165) is 15.1 Å². The number of aryl methyl sites for hydroxylation is 1. The van der Waals surface area contributed by atoms with Crippen LogP contribution in [0, 0.1) is 13.8 Å². The average molecular weight is 369 g/mol. The number of thiophene rings is 1. The molecular weight excluding hydrogens is 352 g/mol. The van der Waals surface area contributed by atoms with Crippen LogP contribution in [0.25, 0.3) is 10.4 Å². The maximum atomic E-state index is 5.63. The molecule has 1 saturated heterocycles. The maximum Gasteiger partial charge on any atom is 0.194 e. The van der Waals surface area contributed by atoms with Crippen molar-refractivity contribution in [1.29, 1.82) is 0 Å². The van der Waals surface area contributed by atoms with Gasteiger partial charge in [-0.1, -0.05) is 0 Å². The summed E-state index contributed by atoms with van der Waals surface area (Å²) in [6.45, 7) is 5.54. The Morgan fingerprint density at radius 2 is 1.95 bits per heavy atom. The van der Waals surface area contributed by atoms with Crippen molar-refractivity contribution in [2.24, 2.45) is 0 Å². The highest BCUT2D eigenvalue weighted by atomic mass is 79.9. The summed E-state index contributed by atoms with van der Waals surface area (Å²) in [7, 11) is 1.69. The van der Waals surface area contributed by atoms with E-state index in [1.165, 1.54) is 21.6 Å². The van der Waals surface area contributed by atoms with Gasteiger partial charge in [-0.25, -0.2) is 0 Å². The second kappa shape index (κ2) is 6.08. The average Bonchev–Trinajstić information content (AvgIpc) is 3.10. The van der Waals surface area contributed by atoms with Gasteiger partial charge >= 0.3 is 0 Å². The van der Waals surface area contributed by atoms with Crippen LogP contribution in [0.4, 0.5) is 0 Å². The van der Waals surface area contributed by atoms with Gasteiger partial charge < -0.3 is 14.2 Å². The Kier molecular flexibility index (Phi) is 4.36. The van der Waals surface area contributed by atoms with E-state index in [9.17, 15) is 0 Å². The third-order valence-corrected chi connectivity index (χ3v) is 6.24. The van der Waals surface area contributed by atoms with Gasteiger partial charge in [0.1, 0.15) is 5.75 Å². The van der Waals surface area contributed by atoms with Gasteiger partial charge in [0.15, 0.2) is 6.29 Å². The monoisotopic (exact) mass is 368 g/mol. The maximum absolute atomic E-state index is 5.63. The summed E-state index contributed by atoms with van der Waals surface area (Å²) in [6.07, 6.45) is -0.240. The van der Waals surface area contributed by atoms with Gasteiger partial charge in [0, 0.05) is 9.35 Å². The molecule has 2 heterocycles. The summed E-state index contributed by atoms with van der Waals surface area (Å²) in [5.41, 5.74) is 3.65. The molecule has 0 N–H and O–H groups in total. The molecule has 1 aliphatic rings. The summed E-state index contributed by atoms with van der Waals surface area (Å²) >= 11 is 5.41. The van der Waals surface area contributed by atoms with Crippen molar-refractivity contribution in [2.45, 2.75) is 20.1 Å². The van der Waals surface area contributed by atoms with E-state index in [4.69, 9.17) is 14.2 Å². The van der Waals surface area contributed by atoms with E-state index in [1.807, 2.05) is 6.07 Å². The van der Waals surface area contributed by atoms with Gasteiger partial charge in [0.2, 0.25) is 0 Å². The predicted octanol–water partition coefficient (Wildman–Crippen LogP) is 4.85. The SMILES string of the molecule is COc1ccc(-c2sc(C3OCCO3)c(Br)c2C)c(C)c1. The summed E-state index contributed by atoms with van der Waals surface area (Å²) in [4.78, 5) is 2.35. The third-order valence-electron chi connectivity index (χ3n) is 3.61. The van der Waals surface area contributed by atoms with Crippen LogP contribution in [0.5, 0.6) is 5.75 Å². The first-order valence-electron chi connectivity index (χ1n) is 6.79. The topological polar surface area (TPSA) is 27.7 Å². The van der Waals surface area contributed by atoms with Crippen molar-refractivity contribution in [3.8, 4) is 16.2 Å². The Morgan fingerprint density at radius 3 is 2.57 bits per heavy atom. The Bertz CT molecular complexity index is 660. The van der Waals surface area contributed by atoms with E-state index in [0.29, 0.717) is 13.2 Å². The molecule has 0 unspecified atom stereocenters. The van der Waals surface area contributed by atoms with E-state index >= 15 is 0 Å². The third kappa shape index (κ3) is 2.75. The summed E-state index contributed by atoms with van der Waals surface area (Å²) in [5, 5.41) is 0. The number of halogens is 1. The lowest BCUT2D eigenvalue weighted by Crippen LogP contribution is -1.95. The van der Waals surface area contributed by atoms with Crippen LogP contribution in [-0.2, 0) is 9.47 Å². The van der Waals surface area contributed by atoms with E-state index < -0.39 is 0 Å². The minimum Gasteiger partial charge on any atom is -0.497 e. The van der Waals surface area contributed by atoms with Gasteiger partial charge in [0.05, 0.1) is 25.2 Å². The molecule has 0 radical (unpaired) electrons. The number of benzene rings is 1. The summed E-state index contributed by atoms with van der Waals surface area (Å²) in [6, 6.07) is 6.17. The molecule has 0 aliphatic carbocycles. The zero-order chi connectivity index (χ0) is 15.0. The van der Waals surface area contributed by atoms with E-state index in [-0.39, 0.29) is 6.29 Å². The number of ether oxygens (including phenoxy) is 3. The molecule has 112 valence electrons. The molecule has 2 aromatic rings. The molecular formula is C16H17BrO3S. The van der Waals surface area contributed by atoms with Crippen LogP contribution in [-0.4, -0.2) is 20.3 Å². The lowest BCUT2D eigenvalue weighted by atomic mass is 10.0. The quantitative estimate of drug-likeness (QED) is 0.774. The molecule has 1 aromatic heterocycles. The van der Waals surface area contributed by atoms with Crippen LogP contribution in [0.2, 0.25) is 0 Å². The Balaban J connectivity index is 2.04. The lowest BCUT2D eigenvalue weighted by Gasteiger charge is -2.08. The highest BCUT2D eigenvalue weighted by Crippen LogP contribution is 2.45. The van der Waals surface area contributed by atoms with Crippen molar-refractivity contribution in [1.82, 2.24) is 0 Å². The molecule has 1 aromatic carbocycles. The second-order valence-electron chi connectivity index (χ2n) is 4.99. The van der Waals surface area contributed by atoms with Gasteiger partial charge in [0.25, 0.3) is 0 Å². The van der Waals surface area contributed by atoms with Gasteiger partial charge in [-0.3, -0.25) is 0 Å². The fourth-order valence-electron chi connectivity index (χ4n) is 2.45. The molecule has 21 heavy (non-hydrogen) atoms. The van der Waals surface area contributed by atoms with Crippen molar-refractivity contribution >= 4 is 27.3 Å². The molecule has 0 amide bonds. The number of methoxy groups -OCH3 is 1. The molecule has 0 bridgehead atoms. The summed E-state index contributed by atoms with van der Waals surface area (Å²) in [5.74, 6) is 0.882. The first-order chi connectivity index (χ1) is 10.1. The smallest absolute Gasteiger partial charge is 0.194 e. The van der Waals surface area contributed by atoms with Crippen LogP contribution < -0.4 is 4.74 Å². The van der Waals surface area contributed by atoms with Crippen molar-refractivity contribution in [2.75, 3.05) is 20.3 Å². The van der Waals surface area contributed by atoms with Gasteiger partial charge in [-0.05, 0) is 64.7 Å². The predicted molar refractivity (Wildman–Crippen MR) is 88.1 cm³/mol.